The summed E-state index contributed by atoms with van der Waals surface area (Å²) < 4.78 is 6.10. The fourth-order valence-corrected chi connectivity index (χ4v) is 4.37. The number of carbonyl (C=O) groups is 1. The molecule has 0 saturated heterocycles. The van der Waals surface area contributed by atoms with Gasteiger partial charge < -0.3 is 25.4 Å². The number of aromatic nitrogens is 3. The molecule has 2 aromatic heterocycles. The maximum atomic E-state index is 11.8. The van der Waals surface area contributed by atoms with E-state index < -0.39 is 12.0 Å². The Hall–Kier alpha value is -2.30. The monoisotopic (exact) mass is 534 g/mol. The number of unbranched alkanes of at least 4 members (excludes halogenated alkanes) is 1. The molecule has 0 aliphatic carbocycles. The zero-order chi connectivity index (χ0) is 24.3. The van der Waals surface area contributed by atoms with E-state index in [-0.39, 0.29) is 6.10 Å². The van der Waals surface area contributed by atoms with Crippen molar-refractivity contribution < 1.29 is 14.6 Å². The molecule has 3 heterocycles. The molecule has 2 atom stereocenters. The van der Waals surface area contributed by atoms with Crippen LogP contribution < -0.4 is 10.6 Å². The van der Waals surface area contributed by atoms with E-state index in [0.29, 0.717) is 23.3 Å². The lowest BCUT2D eigenvalue weighted by atomic mass is 10.1. The number of aliphatic carboxylic acids is 1. The Bertz CT molecular complexity index is 931. The molecule has 10 heteroatoms. The summed E-state index contributed by atoms with van der Waals surface area (Å²) in [5.41, 5.74) is 2.43. The Balaban J connectivity index is 1.50. The van der Waals surface area contributed by atoms with Crippen LogP contribution in [0.25, 0.3) is 0 Å². The summed E-state index contributed by atoms with van der Waals surface area (Å²) in [6.07, 6.45) is 8.73. The number of carboxylic acids is 1. The van der Waals surface area contributed by atoms with Crippen molar-refractivity contribution in [3.8, 4) is 0 Å². The second kappa shape index (κ2) is 13.6. The number of rotatable bonds is 14. The predicted octanol–water partition coefficient (Wildman–Crippen LogP) is 3.61. The fourth-order valence-electron chi connectivity index (χ4n) is 4.04. The van der Waals surface area contributed by atoms with Crippen LogP contribution in [0, 0.1) is 0 Å². The number of pyridine rings is 1. The minimum absolute atomic E-state index is 0.0700. The van der Waals surface area contributed by atoms with E-state index in [1.54, 1.807) is 13.3 Å². The molecule has 2 aromatic rings. The minimum Gasteiger partial charge on any atom is -0.480 e. The highest BCUT2D eigenvalue weighted by Gasteiger charge is 2.21. The number of halogens is 1. The second-order valence-corrected chi connectivity index (χ2v) is 9.54. The number of carboxylic acid groups (broad SMARTS) is 1. The van der Waals surface area contributed by atoms with Crippen molar-refractivity contribution in [1.29, 1.82) is 0 Å². The first-order valence-corrected chi connectivity index (χ1v) is 12.7. The van der Waals surface area contributed by atoms with Gasteiger partial charge in [-0.2, -0.15) is 0 Å². The van der Waals surface area contributed by atoms with Gasteiger partial charge in [0.05, 0.1) is 10.6 Å². The molecule has 186 valence electrons. The zero-order valence-corrected chi connectivity index (χ0v) is 21.6. The van der Waals surface area contributed by atoms with Crippen LogP contribution in [0.5, 0.6) is 0 Å². The van der Waals surface area contributed by atoms with Gasteiger partial charge in [0.25, 0.3) is 0 Å². The first kappa shape index (κ1) is 26.3. The Labute approximate surface area is 209 Å². The maximum Gasteiger partial charge on any atom is 0.326 e. The van der Waals surface area contributed by atoms with Gasteiger partial charge in [-0.15, -0.1) is 0 Å². The summed E-state index contributed by atoms with van der Waals surface area (Å²) in [5.74, 6) is 0.616. The highest BCUT2D eigenvalue weighted by atomic mass is 79.9. The van der Waals surface area contributed by atoms with E-state index in [2.05, 4.69) is 53.6 Å². The Morgan fingerprint density at radius 3 is 2.97 bits per heavy atom. The number of methoxy groups -OCH3 is 1. The highest BCUT2D eigenvalue weighted by molar-refractivity contribution is 9.10. The largest absolute Gasteiger partial charge is 0.480 e. The predicted molar refractivity (Wildman–Crippen MR) is 136 cm³/mol. The summed E-state index contributed by atoms with van der Waals surface area (Å²) >= 11 is 3.36. The third-order valence-electron chi connectivity index (χ3n) is 6.04. The number of hydrogen-bond donors (Lipinski definition) is 3. The van der Waals surface area contributed by atoms with Crippen molar-refractivity contribution in [2.45, 2.75) is 57.6 Å². The lowest BCUT2D eigenvalue weighted by Crippen LogP contribution is -2.38. The number of nitrogens with one attached hydrogen (secondary N) is 2. The van der Waals surface area contributed by atoms with E-state index in [1.807, 2.05) is 6.92 Å². The lowest BCUT2D eigenvalue weighted by Gasteiger charge is -2.27. The average molecular weight is 535 g/mol. The molecular formula is C24H35BrN6O3. The lowest BCUT2D eigenvalue weighted by molar-refractivity contribution is -0.138. The minimum atomic E-state index is -0.905. The van der Waals surface area contributed by atoms with Crippen LogP contribution in [0.3, 0.4) is 0 Å². The van der Waals surface area contributed by atoms with E-state index >= 15 is 0 Å². The Morgan fingerprint density at radius 2 is 2.21 bits per heavy atom. The van der Waals surface area contributed by atoms with Crippen molar-refractivity contribution in [2.75, 3.05) is 43.9 Å². The normalized spacial score (nSPS) is 14.8. The molecule has 0 fully saturated rings. The van der Waals surface area contributed by atoms with Gasteiger partial charge in [-0.05, 0) is 79.6 Å². The van der Waals surface area contributed by atoms with Crippen molar-refractivity contribution in [1.82, 2.24) is 19.9 Å². The molecule has 0 saturated carbocycles. The van der Waals surface area contributed by atoms with E-state index in [4.69, 9.17) is 9.72 Å². The standard InChI is InChI=1S/C24H35BrN6O3/c1-17(34-2)15-31(13-10-21(24(32)33)30-23-20(25)14-26-16-28-23)12-4-3-7-19-9-8-18-6-5-11-27-22(18)29-19/h8-9,14,16-17,21H,3-7,10-13,15H2,1-2H3,(H,27,29)(H,32,33)(H,26,28,30). The topological polar surface area (TPSA) is 113 Å². The molecule has 0 radical (unpaired) electrons. The van der Waals surface area contributed by atoms with Crippen LogP contribution in [0.2, 0.25) is 0 Å². The highest BCUT2D eigenvalue weighted by Crippen LogP contribution is 2.21. The molecule has 9 nitrogen and oxygen atoms in total. The van der Waals surface area contributed by atoms with Gasteiger partial charge in [-0.25, -0.2) is 19.7 Å². The molecule has 2 unspecified atom stereocenters. The van der Waals surface area contributed by atoms with Crippen molar-refractivity contribution in [3.05, 3.63) is 40.4 Å². The fraction of sp³-hybridized carbons (Fsp3) is 0.583. The third-order valence-corrected chi connectivity index (χ3v) is 6.62. The van der Waals surface area contributed by atoms with Crippen LogP contribution in [-0.2, 0) is 22.4 Å². The van der Waals surface area contributed by atoms with Gasteiger partial charge in [-0.1, -0.05) is 6.07 Å². The number of hydrogen-bond acceptors (Lipinski definition) is 8. The van der Waals surface area contributed by atoms with Crippen LogP contribution in [0.1, 0.15) is 43.9 Å². The third kappa shape index (κ3) is 8.18. The first-order chi connectivity index (χ1) is 16.5. The van der Waals surface area contributed by atoms with Crippen molar-refractivity contribution in [3.63, 3.8) is 0 Å². The average Bonchev–Trinajstić information content (AvgIpc) is 2.84. The molecule has 0 aromatic carbocycles. The second-order valence-electron chi connectivity index (χ2n) is 8.69. The first-order valence-electron chi connectivity index (χ1n) is 11.9. The summed E-state index contributed by atoms with van der Waals surface area (Å²) in [4.78, 5) is 27.0. The van der Waals surface area contributed by atoms with E-state index in [0.717, 1.165) is 56.8 Å². The molecule has 34 heavy (non-hydrogen) atoms. The summed E-state index contributed by atoms with van der Waals surface area (Å²) in [5, 5.41) is 16.1. The SMILES string of the molecule is COC(C)CN(CCCCc1ccc2c(n1)NCCC2)CCC(Nc1ncncc1Br)C(=O)O. The number of ether oxygens (including phenoxy) is 1. The van der Waals surface area contributed by atoms with Crippen LogP contribution in [0.4, 0.5) is 11.6 Å². The van der Waals surface area contributed by atoms with Gasteiger partial charge in [0.15, 0.2) is 0 Å². The van der Waals surface area contributed by atoms with Crippen molar-refractivity contribution in [2.24, 2.45) is 0 Å². The van der Waals surface area contributed by atoms with Gasteiger partial charge in [0.1, 0.15) is 24.0 Å². The molecule has 0 amide bonds. The number of nitrogens with zero attached hydrogens (tertiary/aromatic N) is 4. The summed E-state index contributed by atoms with van der Waals surface area (Å²) in [7, 11) is 1.70. The molecule has 1 aliphatic rings. The summed E-state index contributed by atoms with van der Waals surface area (Å²) in [6, 6.07) is 3.59. The van der Waals surface area contributed by atoms with E-state index in [9.17, 15) is 9.90 Å². The Morgan fingerprint density at radius 1 is 1.35 bits per heavy atom. The number of anilines is 2. The number of fused-ring (bicyclic) bond motifs is 1. The van der Waals surface area contributed by atoms with Gasteiger partial charge in [0, 0.05) is 38.6 Å². The van der Waals surface area contributed by atoms with Crippen LogP contribution in [0.15, 0.2) is 29.1 Å². The van der Waals surface area contributed by atoms with E-state index in [1.165, 1.54) is 18.3 Å². The van der Waals surface area contributed by atoms with Crippen LogP contribution in [-0.4, -0.2) is 76.4 Å². The number of aryl methyl sites for hydroxylation is 2. The van der Waals surface area contributed by atoms with Gasteiger partial charge in [-0.3, -0.25) is 0 Å². The van der Waals surface area contributed by atoms with Crippen molar-refractivity contribution >= 4 is 33.5 Å². The molecule has 0 spiro atoms. The Kier molecular flexibility index (Phi) is 10.5. The van der Waals surface area contributed by atoms with Gasteiger partial charge >= 0.3 is 5.97 Å². The quantitative estimate of drug-likeness (QED) is 0.313. The molecule has 3 rings (SSSR count). The summed E-state index contributed by atoms with van der Waals surface area (Å²) in [6.45, 7) is 5.29. The molecule has 0 bridgehead atoms. The molecule has 3 N–H and O–H groups in total. The molecular weight excluding hydrogens is 500 g/mol. The van der Waals surface area contributed by atoms with Crippen LogP contribution >= 0.6 is 15.9 Å². The zero-order valence-electron chi connectivity index (χ0n) is 20.0. The van der Waals surface area contributed by atoms with Gasteiger partial charge in [0.2, 0.25) is 0 Å². The smallest absolute Gasteiger partial charge is 0.326 e. The maximum absolute atomic E-state index is 11.8. The molecule has 1 aliphatic heterocycles.